The van der Waals surface area contributed by atoms with Gasteiger partial charge in [-0.05, 0) is 39.2 Å². The number of rotatable bonds is 3. The van der Waals surface area contributed by atoms with Crippen molar-refractivity contribution in [1.29, 1.82) is 0 Å². The molecule has 2 aliphatic rings. The molecule has 1 aromatic carbocycles. The first kappa shape index (κ1) is 19.0. The van der Waals surface area contributed by atoms with Crippen molar-refractivity contribution in [3.63, 3.8) is 0 Å². The Morgan fingerprint density at radius 2 is 1.77 bits per heavy atom. The maximum absolute atomic E-state index is 14.0. The van der Waals surface area contributed by atoms with Gasteiger partial charge >= 0.3 is 12.3 Å². The van der Waals surface area contributed by atoms with Crippen LogP contribution in [0.4, 0.5) is 18.0 Å². The Hall–Kier alpha value is -1.76. The van der Waals surface area contributed by atoms with E-state index in [4.69, 9.17) is 9.47 Å². The number of halogens is 3. The molecule has 0 aromatic heterocycles. The average Bonchev–Trinajstić information content (AvgIpc) is 3.18. The van der Waals surface area contributed by atoms with Gasteiger partial charge in [0.1, 0.15) is 5.60 Å². The second-order valence-electron chi connectivity index (χ2n) is 8.23. The van der Waals surface area contributed by atoms with Crippen molar-refractivity contribution in [3.8, 4) is 0 Å². The van der Waals surface area contributed by atoms with Crippen LogP contribution in [0.1, 0.15) is 45.6 Å². The Bertz CT molecular complexity index is 665. The lowest BCUT2D eigenvalue weighted by molar-refractivity contribution is -0.276. The fourth-order valence-corrected chi connectivity index (χ4v) is 3.44. The average molecular weight is 371 g/mol. The van der Waals surface area contributed by atoms with Gasteiger partial charge in [0.15, 0.2) is 5.60 Å². The highest BCUT2D eigenvalue weighted by atomic mass is 19.4. The summed E-state index contributed by atoms with van der Waals surface area (Å²) < 4.78 is 52.7. The van der Waals surface area contributed by atoms with E-state index in [1.165, 1.54) is 4.90 Å². The van der Waals surface area contributed by atoms with Gasteiger partial charge in [-0.2, -0.15) is 13.2 Å². The van der Waals surface area contributed by atoms with Crippen molar-refractivity contribution in [1.82, 2.24) is 4.90 Å². The SMILES string of the molecule is CC(C)(C)OC(=O)N1CC(OCc2ccccc2)(C(F)(F)F)CC12CC2. The van der Waals surface area contributed by atoms with E-state index < -0.39 is 35.6 Å². The van der Waals surface area contributed by atoms with Crippen molar-refractivity contribution in [3.05, 3.63) is 35.9 Å². The first-order chi connectivity index (χ1) is 12.0. The number of nitrogens with zero attached hydrogens (tertiary/aromatic N) is 1. The van der Waals surface area contributed by atoms with Crippen LogP contribution < -0.4 is 0 Å². The van der Waals surface area contributed by atoms with Crippen LogP contribution in [0.2, 0.25) is 0 Å². The van der Waals surface area contributed by atoms with Crippen molar-refractivity contribution in [2.45, 2.75) is 69.6 Å². The van der Waals surface area contributed by atoms with E-state index in [0.29, 0.717) is 18.4 Å². The third kappa shape index (κ3) is 3.68. The molecule has 1 amide bonds. The van der Waals surface area contributed by atoms with Gasteiger partial charge in [-0.25, -0.2) is 4.79 Å². The molecule has 7 heteroatoms. The van der Waals surface area contributed by atoms with Gasteiger partial charge in [0, 0.05) is 12.0 Å². The fourth-order valence-electron chi connectivity index (χ4n) is 3.44. The van der Waals surface area contributed by atoms with Gasteiger partial charge in [0.2, 0.25) is 0 Å². The van der Waals surface area contributed by atoms with E-state index >= 15 is 0 Å². The van der Waals surface area contributed by atoms with Crippen LogP contribution in [0, 0.1) is 0 Å². The molecule has 144 valence electrons. The van der Waals surface area contributed by atoms with Gasteiger partial charge in [0.05, 0.1) is 13.2 Å². The van der Waals surface area contributed by atoms with Gasteiger partial charge in [-0.3, -0.25) is 4.90 Å². The zero-order valence-corrected chi connectivity index (χ0v) is 15.2. The van der Waals surface area contributed by atoms with Crippen molar-refractivity contribution in [2.75, 3.05) is 6.54 Å². The van der Waals surface area contributed by atoms with Crippen LogP contribution in [-0.4, -0.2) is 40.5 Å². The number of ether oxygens (including phenoxy) is 2. The number of hydrogen-bond acceptors (Lipinski definition) is 3. The predicted octanol–water partition coefficient (Wildman–Crippen LogP) is 4.68. The lowest BCUT2D eigenvalue weighted by Crippen LogP contribution is -2.50. The standard InChI is InChI=1S/C19H24F3NO3/c1-16(2,3)26-15(24)23-13-18(19(20,21)22,12-17(23)9-10-17)25-11-14-7-5-4-6-8-14/h4-8H,9-13H2,1-3H3. The Balaban J connectivity index is 1.81. The van der Waals surface area contributed by atoms with Gasteiger partial charge in [-0.15, -0.1) is 0 Å². The highest BCUT2D eigenvalue weighted by Gasteiger charge is 2.71. The molecule has 0 bridgehead atoms. The second-order valence-corrected chi connectivity index (χ2v) is 8.23. The Labute approximate surface area is 151 Å². The molecule has 1 saturated carbocycles. The number of alkyl halides is 3. The number of carbonyl (C=O) groups is 1. The topological polar surface area (TPSA) is 38.8 Å². The van der Waals surface area contributed by atoms with Gasteiger partial charge in [-0.1, -0.05) is 30.3 Å². The second kappa shape index (κ2) is 6.15. The maximum Gasteiger partial charge on any atom is 0.419 e. The molecular weight excluding hydrogens is 347 g/mol. The summed E-state index contributed by atoms with van der Waals surface area (Å²) in [7, 11) is 0. The summed E-state index contributed by atoms with van der Waals surface area (Å²) in [6.07, 6.45) is -4.44. The van der Waals surface area contributed by atoms with E-state index in [2.05, 4.69) is 0 Å². The summed E-state index contributed by atoms with van der Waals surface area (Å²) in [5, 5.41) is 0. The minimum Gasteiger partial charge on any atom is -0.444 e. The monoisotopic (exact) mass is 371 g/mol. The summed E-state index contributed by atoms with van der Waals surface area (Å²) in [4.78, 5) is 13.7. The molecule has 1 unspecified atom stereocenters. The van der Waals surface area contributed by atoms with Gasteiger partial charge in [0.25, 0.3) is 0 Å². The molecule has 0 radical (unpaired) electrons. The minimum atomic E-state index is -4.58. The first-order valence-corrected chi connectivity index (χ1v) is 8.72. The molecule has 26 heavy (non-hydrogen) atoms. The molecule has 4 nitrogen and oxygen atoms in total. The van der Waals surface area contributed by atoms with Crippen LogP contribution in [0.3, 0.4) is 0 Å². The lowest BCUT2D eigenvalue weighted by atomic mass is 9.98. The van der Waals surface area contributed by atoms with Crippen LogP contribution in [0.5, 0.6) is 0 Å². The molecular formula is C19H24F3NO3. The molecule has 1 aliphatic carbocycles. The van der Waals surface area contributed by atoms with Crippen LogP contribution in [0.15, 0.2) is 30.3 Å². The van der Waals surface area contributed by atoms with Gasteiger partial charge < -0.3 is 9.47 Å². The third-order valence-corrected chi connectivity index (χ3v) is 4.92. The summed E-state index contributed by atoms with van der Waals surface area (Å²) in [6, 6.07) is 8.74. The molecule has 1 atom stereocenters. The molecule has 3 rings (SSSR count). The van der Waals surface area contributed by atoms with Crippen molar-refractivity contribution >= 4 is 6.09 Å². The smallest absolute Gasteiger partial charge is 0.419 e. The summed E-state index contributed by atoms with van der Waals surface area (Å²) in [6.45, 7) is 4.41. The minimum absolute atomic E-state index is 0.154. The highest BCUT2D eigenvalue weighted by molar-refractivity contribution is 5.71. The zero-order valence-electron chi connectivity index (χ0n) is 15.2. The Kier molecular flexibility index (Phi) is 4.50. The maximum atomic E-state index is 14.0. The third-order valence-electron chi connectivity index (χ3n) is 4.92. The zero-order chi connectivity index (χ0) is 19.2. The normalized spacial score (nSPS) is 24.8. The molecule has 1 saturated heterocycles. The molecule has 0 N–H and O–H groups in total. The number of carbonyl (C=O) groups excluding carboxylic acids is 1. The quantitative estimate of drug-likeness (QED) is 0.775. The first-order valence-electron chi connectivity index (χ1n) is 8.72. The summed E-state index contributed by atoms with van der Waals surface area (Å²) in [5.74, 6) is 0. The van der Waals surface area contributed by atoms with Crippen LogP contribution in [0.25, 0.3) is 0 Å². The number of likely N-dealkylation sites (tertiary alicyclic amines) is 1. The van der Waals surface area contributed by atoms with E-state index in [1.807, 2.05) is 0 Å². The van der Waals surface area contributed by atoms with Crippen molar-refractivity contribution < 1.29 is 27.4 Å². The van der Waals surface area contributed by atoms with E-state index in [9.17, 15) is 18.0 Å². The molecule has 1 aromatic rings. The number of amides is 1. The number of benzene rings is 1. The highest BCUT2D eigenvalue weighted by Crippen LogP contribution is 2.58. The summed E-state index contributed by atoms with van der Waals surface area (Å²) in [5.41, 5.74) is -3.26. The lowest BCUT2D eigenvalue weighted by Gasteiger charge is -2.32. The van der Waals surface area contributed by atoms with Crippen LogP contribution >= 0.6 is 0 Å². The molecule has 1 spiro atoms. The Morgan fingerprint density at radius 3 is 2.27 bits per heavy atom. The predicted molar refractivity (Wildman–Crippen MR) is 89.5 cm³/mol. The largest absolute Gasteiger partial charge is 0.444 e. The summed E-state index contributed by atoms with van der Waals surface area (Å²) >= 11 is 0. The molecule has 2 fully saturated rings. The van der Waals surface area contributed by atoms with E-state index in [1.54, 1.807) is 51.1 Å². The fraction of sp³-hybridized carbons (Fsp3) is 0.632. The van der Waals surface area contributed by atoms with E-state index in [-0.39, 0.29) is 13.0 Å². The molecule has 1 heterocycles. The van der Waals surface area contributed by atoms with Crippen LogP contribution in [-0.2, 0) is 16.1 Å². The van der Waals surface area contributed by atoms with E-state index in [0.717, 1.165) is 0 Å². The number of hydrogen-bond donors (Lipinski definition) is 0. The van der Waals surface area contributed by atoms with Crippen molar-refractivity contribution in [2.24, 2.45) is 0 Å². The molecule has 1 aliphatic heterocycles. The Morgan fingerprint density at radius 1 is 1.15 bits per heavy atom.